The van der Waals surface area contributed by atoms with Gasteiger partial charge in [-0.2, -0.15) is 4.98 Å². The van der Waals surface area contributed by atoms with Gasteiger partial charge in [-0.1, -0.05) is 83.9 Å². The van der Waals surface area contributed by atoms with Crippen LogP contribution in [-0.4, -0.2) is 37.6 Å². The van der Waals surface area contributed by atoms with Gasteiger partial charge in [-0.3, -0.25) is 4.79 Å². The van der Waals surface area contributed by atoms with Crippen LogP contribution in [0.15, 0.2) is 66.7 Å². The normalized spacial score (nSPS) is 17.4. The molecular weight excluding hydrogens is 595 g/mol. The van der Waals surface area contributed by atoms with Crippen molar-refractivity contribution in [1.29, 1.82) is 0 Å². The number of ether oxygens (including phenoxy) is 2. The topological polar surface area (TPSA) is 84.5 Å². The quantitative estimate of drug-likeness (QED) is 0.167. The predicted molar refractivity (Wildman–Crippen MR) is 175 cm³/mol. The van der Waals surface area contributed by atoms with Crippen LogP contribution in [0.3, 0.4) is 0 Å². The molecule has 2 heterocycles. The van der Waals surface area contributed by atoms with Gasteiger partial charge in [-0.05, 0) is 60.2 Å². The van der Waals surface area contributed by atoms with Gasteiger partial charge in [0.1, 0.15) is 11.1 Å². The van der Waals surface area contributed by atoms with Gasteiger partial charge in [0.25, 0.3) is 0 Å². The lowest BCUT2D eigenvalue weighted by atomic mass is 9.93. The summed E-state index contributed by atoms with van der Waals surface area (Å²) in [6, 6.07) is 23.1. The Balaban J connectivity index is 1.20. The average molecular weight is 632 g/mol. The van der Waals surface area contributed by atoms with E-state index >= 15 is 0 Å². The Labute approximate surface area is 268 Å². The van der Waals surface area contributed by atoms with Crippen LogP contribution in [0.25, 0.3) is 22.3 Å². The van der Waals surface area contributed by atoms with Gasteiger partial charge < -0.3 is 25.4 Å². The largest absolute Gasteiger partial charge is 0.481 e. The maximum atomic E-state index is 11.4. The summed E-state index contributed by atoms with van der Waals surface area (Å²) in [5.41, 5.74) is 8.57. The molecule has 9 heteroatoms. The maximum absolute atomic E-state index is 11.4. The third-order valence-corrected chi connectivity index (χ3v) is 9.05. The maximum Gasteiger partial charge on any atom is 0.236 e. The molecule has 3 N–H and O–H groups in total. The van der Waals surface area contributed by atoms with E-state index in [0.717, 1.165) is 70.8 Å². The second-order valence-corrected chi connectivity index (χ2v) is 12.1. The number of methoxy groups -OCH3 is 1. The number of aromatic nitrogens is 1. The fourth-order valence-electron chi connectivity index (χ4n) is 6.18. The first kappa shape index (κ1) is 30.4. The van der Waals surface area contributed by atoms with Gasteiger partial charge in [-0.25, -0.2) is 0 Å². The monoisotopic (exact) mass is 630 g/mol. The number of halogens is 2. The van der Waals surface area contributed by atoms with Gasteiger partial charge >= 0.3 is 0 Å². The molecule has 1 saturated heterocycles. The third-order valence-electron chi connectivity index (χ3n) is 8.37. The van der Waals surface area contributed by atoms with Crippen molar-refractivity contribution in [3.63, 3.8) is 0 Å². The molecule has 0 spiro atoms. The molecule has 0 unspecified atom stereocenters. The summed E-state index contributed by atoms with van der Waals surface area (Å²) < 4.78 is 11.9. The highest BCUT2D eigenvalue weighted by molar-refractivity contribution is 6.36. The summed E-state index contributed by atoms with van der Waals surface area (Å²) in [5, 5.41) is 10.7. The smallest absolute Gasteiger partial charge is 0.236 e. The number of hydrogen-bond donors (Lipinski definition) is 3. The molecule has 1 aliphatic carbocycles. The highest BCUT2D eigenvalue weighted by Crippen LogP contribution is 2.44. The zero-order chi connectivity index (χ0) is 30.6. The van der Waals surface area contributed by atoms with Crippen LogP contribution in [0, 0.1) is 0 Å². The van der Waals surface area contributed by atoms with Crippen LogP contribution in [0.1, 0.15) is 47.6 Å². The Morgan fingerprint density at radius 1 is 0.932 bits per heavy atom. The van der Waals surface area contributed by atoms with Crippen LogP contribution in [0.4, 0.5) is 0 Å². The van der Waals surface area contributed by atoms with E-state index in [1.165, 1.54) is 11.1 Å². The van der Waals surface area contributed by atoms with Crippen molar-refractivity contribution in [2.24, 2.45) is 0 Å². The van der Waals surface area contributed by atoms with Crippen molar-refractivity contribution in [3.8, 4) is 34.0 Å². The van der Waals surface area contributed by atoms with Crippen molar-refractivity contribution in [2.75, 3.05) is 20.7 Å². The fourth-order valence-corrected chi connectivity index (χ4v) is 6.74. The molecular formula is C35H36Cl2N4O3. The van der Waals surface area contributed by atoms with Crippen LogP contribution in [0.2, 0.25) is 10.0 Å². The lowest BCUT2D eigenvalue weighted by molar-refractivity contribution is -0.119. The summed E-state index contributed by atoms with van der Waals surface area (Å²) in [6.45, 7) is 2.11. The highest BCUT2D eigenvalue weighted by atomic mass is 35.5. The first-order chi connectivity index (χ1) is 21.4. The van der Waals surface area contributed by atoms with Crippen LogP contribution in [-0.2, 0) is 24.3 Å². The number of carbonyl (C=O) groups excluding carboxylic acids is 1. The Hall–Kier alpha value is -3.62. The van der Waals surface area contributed by atoms with Crippen LogP contribution in [0.5, 0.6) is 11.8 Å². The van der Waals surface area contributed by atoms with E-state index in [1.54, 1.807) is 7.11 Å². The van der Waals surface area contributed by atoms with Gasteiger partial charge in [0.2, 0.25) is 17.7 Å². The second kappa shape index (κ2) is 13.6. The molecule has 44 heavy (non-hydrogen) atoms. The lowest BCUT2D eigenvalue weighted by Crippen LogP contribution is -2.35. The minimum atomic E-state index is -0.178. The number of hydrogen-bond acceptors (Lipinski definition) is 6. The van der Waals surface area contributed by atoms with Crippen LogP contribution >= 0.6 is 23.2 Å². The van der Waals surface area contributed by atoms with Crippen molar-refractivity contribution in [2.45, 2.75) is 50.9 Å². The number of nitrogens with one attached hydrogen (secondary N) is 3. The van der Waals surface area contributed by atoms with Crippen molar-refractivity contribution < 1.29 is 14.3 Å². The number of pyridine rings is 1. The zero-order valence-electron chi connectivity index (χ0n) is 24.9. The molecule has 0 radical (unpaired) electrons. The molecule has 6 rings (SSSR count). The van der Waals surface area contributed by atoms with Gasteiger partial charge in [-0.15, -0.1) is 0 Å². The van der Waals surface area contributed by atoms with E-state index in [-0.39, 0.29) is 18.1 Å². The van der Waals surface area contributed by atoms with Gasteiger partial charge in [0.15, 0.2) is 0 Å². The minimum absolute atomic E-state index is 0.142. The molecule has 228 valence electrons. The molecule has 2 atom stereocenters. The van der Waals surface area contributed by atoms with E-state index < -0.39 is 0 Å². The molecule has 0 bridgehead atoms. The minimum Gasteiger partial charge on any atom is -0.481 e. The molecule has 0 saturated carbocycles. The summed E-state index contributed by atoms with van der Waals surface area (Å²) in [6.07, 6.45) is 3.00. The van der Waals surface area contributed by atoms with Crippen molar-refractivity contribution in [1.82, 2.24) is 20.9 Å². The number of benzene rings is 3. The summed E-state index contributed by atoms with van der Waals surface area (Å²) >= 11 is 13.7. The first-order valence-corrected chi connectivity index (χ1v) is 15.8. The first-order valence-electron chi connectivity index (χ1n) is 15.0. The van der Waals surface area contributed by atoms with Crippen molar-refractivity contribution in [3.05, 3.63) is 99.0 Å². The van der Waals surface area contributed by atoms with Crippen molar-refractivity contribution >= 4 is 29.1 Å². The third kappa shape index (κ3) is 6.42. The predicted octanol–water partition coefficient (Wildman–Crippen LogP) is 6.88. The Bertz CT molecular complexity index is 1660. The molecule has 1 fully saturated rings. The molecule has 1 aliphatic heterocycles. The summed E-state index contributed by atoms with van der Waals surface area (Å²) in [7, 11) is 3.46. The van der Waals surface area contributed by atoms with Gasteiger partial charge in [0, 0.05) is 48.8 Å². The van der Waals surface area contributed by atoms with E-state index in [0.29, 0.717) is 29.7 Å². The lowest BCUT2D eigenvalue weighted by Gasteiger charge is -2.18. The molecule has 2 aliphatic rings. The molecule has 1 aromatic heterocycles. The van der Waals surface area contributed by atoms with E-state index in [4.69, 9.17) is 32.7 Å². The van der Waals surface area contributed by atoms with Gasteiger partial charge in [0.05, 0.1) is 12.1 Å². The van der Waals surface area contributed by atoms with E-state index in [9.17, 15) is 4.79 Å². The average Bonchev–Trinajstić information content (AvgIpc) is 3.65. The molecule has 3 aromatic carbocycles. The molecule has 4 aromatic rings. The molecule has 1 amide bonds. The van der Waals surface area contributed by atoms with E-state index in [2.05, 4.69) is 81.6 Å². The molecule has 7 nitrogen and oxygen atoms in total. The summed E-state index contributed by atoms with van der Waals surface area (Å²) in [4.78, 5) is 16.0. The Morgan fingerprint density at radius 3 is 2.45 bits per heavy atom. The Morgan fingerprint density at radius 2 is 1.70 bits per heavy atom. The second-order valence-electron chi connectivity index (χ2n) is 11.3. The SMILES string of the molecule is CNCc1cc(Cl)c(O[C@H]2CCc3c(-c4cccc(-c5ccc(CNC[C@@H]6CCC(=O)N6)cc5)c4Cl)cccc32)nc1OC. The number of nitrogens with zero attached hydrogens (tertiary/aromatic N) is 1. The van der Waals surface area contributed by atoms with E-state index in [1.807, 2.05) is 13.1 Å². The number of rotatable bonds is 11. The Kier molecular flexibility index (Phi) is 9.38. The van der Waals surface area contributed by atoms with Crippen LogP contribution < -0.4 is 25.4 Å². The number of fused-ring (bicyclic) bond motifs is 1. The zero-order valence-corrected chi connectivity index (χ0v) is 26.4. The fraction of sp³-hybridized carbons (Fsp3) is 0.314. The standard InChI is InChI=1S/C35H36Cl2N4O3/c1-38-19-23-17-30(36)35(41-34(23)43-2)44-31-15-14-27-26(6-4-7-28(27)31)29-8-3-5-25(33(29)37)22-11-9-21(10-12-22)18-39-20-24-13-16-32(42)40-24/h3-12,17,24,31,38-39H,13-16,18-20H2,1-2H3,(H,40,42)/t24-,31-/m0/s1. The number of carbonyl (C=O) groups is 1. The summed E-state index contributed by atoms with van der Waals surface area (Å²) in [5.74, 6) is 1.01. The number of amides is 1. The highest BCUT2D eigenvalue weighted by Gasteiger charge is 2.29.